The van der Waals surface area contributed by atoms with Gasteiger partial charge in [0.25, 0.3) is 0 Å². The first kappa shape index (κ1) is 23.4. The second-order valence-electron chi connectivity index (χ2n) is 8.95. The molecule has 2 saturated heterocycles. The Bertz CT molecular complexity index is 1290. The van der Waals surface area contributed by atoms with Gasteiger partial charge in [0.15, 0.2) is 11.5 Å². The topological polar surface area (TPSA) is 94.1 Å². The number of carbonyl (C=O) groups excluding carboxylic acids is 1. The number of benzene rings is 3. The monoisotopic (exact) mass is 497 g/mol. The number of hydrogen-bond acceptors (Lipinski definition) is 6. The second kappa shape index (κ2) is 9.03. The third-order valence-electron chi connectivity index (χ3n) is 6.87. The highest BCUT2D eigenvalue weighted by atomic mass is 35.5. The number of aryl methyl sites for hydroxylation is 1. The molecule has 7 nitrogen and oxygen atoms in total. The van der Waals surface area contributed by atoms with Gasteiger partial charge in [-0.05, 0) is 60.0 Å². The largest absolute Gasteiger partial charge is 0.508 e. The molecule has 0 aliphatic carbocycles. The summed E-state index contributed by atoms with van der Waals surface area (Å²) < 4.78 is 18.8. The molecular weight excluding hydrogens is 473 g/mol. The molecular formula is C26H25ClFN3O4. The number of aromatic hydroxyl groups is 2. The Labute approximate surface area is 207 Å². The van der Waals surface area contributed by atoms with E-state index in [0.29, 0.717) is 10.6 Å². The van der Waals surface area contributed by atoms with Gasteiger partial charge in [-0.2, -0.15) is 0 Å². The van der Waals surface area contributed by atoms with Crippen LogP contribution < -0.4 is 15.6 Å². The van der Waals surface area contributed by atoms with Gasteiger partial charge in [-0.25, -0.2) is 15.2 Å². The molecule has 182 valence electrons. The maximum atomic E-state index is 13.6. The Kier molecular flexibility index (Phi) is 6.04. The molecule has 2 fully saturated rings. The Morgan fingerprint density at radius 2 is 1.74 bits per heavy atom. The number of hydrogen-bond donors (Lipinski definition) is 4. The highest BCUT2D eigenvalue weighted by Gasteiger charge is 2.56. The van der Waals surface area contributed by atoms with Crippen molar-refractivity contribution in [2.45, 2.75) is 31.6 Å². The molecule has 2 aliphatic heterocycles. The first-order chi connectivity index (χ1) is 16.8. The number of amides is 1. The number of phenolic OH excluding ortho intramolecular Hbond substituents is 2. The number of ether oxygens (including phenoxy) is 1. The van der Waals surface area contributed by atoms with Crippen LogP contribution >= 0.6 is 11.6 Å². The Balaban J connectivity index is 1.61. The van der Waals surface area contributed by atoms with Crippen LogP contribution in [0.5, 0.6) is 17.2 Å². The van der Waals surface area contributed by atoms with E-state index in [1.54, 1.807) is 41.3 Å². The molecule has 3 aromatic carbocycles. The molecule has 2 aliphatic rings. The first-order valence-electron chi connectivity index (χ1n) is 11.2. The Morgan fingerprint density at radius 3 is 2.46 bits per heavy atom. The summed E-state index contributed by atoms with van der Waals surface area (Å²) >= 11 is 6.38. The number of halogens is 2. The molecule has 4 atom stereocenters. The Hall–Kier alpha value is -3.33. The molecule has 0 saturated carbocycles. The van der Waals surface area contributed by atoms with Gasteiger partial charge in [0.2, 0.25) is 5.91 Å². The van der Waals surface area contributed by atoms with Gasteiger partial charge in [0.1, 0.15) is 17.6 Å². The number of phenols is 2. The van der Waals surface area contributed by atoms with Crippen LogP contribution in [0.1, 0.15) is 34.3 Å². The molecule has 35 heavy (non-hydrogen) atoms. The number of nitrogens with one attached hydrogen (secondary N) is 2. The smallest absolute Gasteiger partial charge is 0.242 e. The molecule has 5 rings (SSSR count). The lowest BCUT2D eigenvalue weighted by atomic mass is 9.82. The summed E-state index contributed by atoms with van der Waals surface area (Å²) in [4.78, 5) is 15.4. The number of methoxy groups -OCH3 is 1. The number of carbonyl (C=O) groups is 1. The van der Waals surface area contributed by atoms with E-state index in [1.165, 1.54) is 25.3 Å². The zero-order valence-electron chi connectivity index (χ0n) is 19.1. The lowest BCUT2D eigenvalue weighted by Gasteiger charge is -2.32. The second-order valence-corrected chi connectivity index (χ2v) is 9.36. The van der Waals surface area contributed by atoms with Crippen LogP contribution in [0.15, 0.2) is 54.6 Å². The fraction of sp³-hybridized carbons (Fsp3) is 0.269. The van der Waals surface area contributed by atoms with E-state index in [4.69, 9.17) is 16.3 Å². The fourth-order valence-corrected chi connectivity index (χ4v) is 5.31. The van der Waals surface area contributed by atoms with Gasteiger partial charge >= 0.3 is 0 Å². The van der Waals surface area contributed by atoms with Crippen molar-refractivity contribution in [3.05, 3.63) is 87.7 Å². The van der Waals surface area contributed by atoms with E-state index < -0.39 is 18.1 Å². The highest BCUT2D eigenvalue weighted by molar-refractivity contribution is 6.31. The zero-order chi connectivity index (χ0) is 24.9. The van der Waals surface area contributed by atoms with Crippen molar-refractivity contribution in [3.63, 3.8) is 0 Å². The normalized spacial score (nSPS) is 23.5. The summed E-state index contributed by atoms with van der Waals surface area (Å²) in [5.41, 5.74) is 9.15. The molecule has 4 unspecified atom stereocenters. The van der Waals surface area contributed by atoms with Crippen molar-refractivity contribution < 1.29 is 24.1 Å². The molecule has 0 radical (unpaired) electrons. The van der Waals surface area contributed by atoms with E-state index >= 15 is 0 Å². The minimum atomic E-state index is -0.579. The molecule has 0 bridgehead atoms. The van der Waals surface area contributed by atoms with Crippen molar-refractivity contribution in [1.29, 1.82) is 0 Å². The van der Waals surface area contributed by atoms with Crippen LogP contribution in [0.3, 0.4) is 0 Å². The fourth-order valence-electron chi connectivity index (χ4n) is 5.14. The highest BCUT2D eigenvalue weighted by Crippen LogP contribution is 2.50. The summed E-state index contributed by atoms with van der Waals surface area (Å²) in [7, 11) is 1.46. The molecule has 9 heteroatoms. The van der Waals surface area contributed by atoms with Gasteiger partial charge < -0.3 is 19.8 Å². The van der Waals surface area contributed by atoms with Gasteiger partial charge in [-0.15, -0.1) is 0 Å². The summed E-state index contributed by atoms with van der Waals surface area (Å²) in [5, 5.41) is 21.4. The third kappa shape index (κ3) is 4.07. The first-order valence-corrected chi connectivity index (χ1v) is 11.6. The summed E-state index contributed by atoms with van der Waals surface area (Å²) in [6.45, 7) is 2.07. The predicted molar refractivity (Wildman–Crippen MR) is 128 cm³/mol. The number of nitrogens with zero attached hydrogens (tertiary/aromatic N) is 1. The van der Waals surface area contributed by atoms with Crippen LogP contribution in [0.4, 0.5) is 4.39 Å². The predicted octanol–water partition coefficient (Wildman–Crippen LogP) is 4.12. The van der Waals surface area contributed by atoms with Crippen LogP contribution in [-0.2, 0) is 11.3 Å². The van der Waals surface area contributed by atoms with E-state index in [2.05, 4.69) is 10.9 Å². The van der Waals surface area contributed by atoms with E-state index in [0.717, 1.165) is 16.7 Å². The summed E-state index contributed by atoms with van der Waals surface area (Å²) in [5.74, 6) is -0.457. The number of likely N-dealkylation sites (tertiary alicyclic amines) is 1. The van der Waals surface area contributed by atoms with Crippen molar-refractivity contribution in [1.82, 2.24) is 15.8 Å². The molecule has 2 heterocycles. The van der Waals surface area contributed by atoms with Crippen LogP contribution in [0, 0.1) is 18.7 Å². The van der Waals surface area contributed by atoms with Crippen LogP contribution in [0.25, 0.3) is 0 Å². The van der Waals surface area contributed by atoms with Gasteiger partial charge in [-0.1, -0.05) is 29.8 Å². The van der Waals surface area contributed by atoms with Crippen LogP contribution in [0.2, 0.25) is 5.02 Å². The number of rotatable bonds is 5. The molecule has 0 spiro atoms. The summed E-state index contributed by atoms with van der Waals surface area (Å²) in [6, 6.07) is 12.9. The quantitative estimate of drug-likeness (QED) is 0.423. The molecule has 0 aromatic heterocycles. The zero-order valence-corrected chi connectivity index (χ0v) is 19.9. The van der Waals surface area contributed by atoms with Gasteiger partial charge in [-0.3, -0.25) is 4.79 Å². The van der Waals surface area contributed by atoms with E-state index in [9.17, 15) is 19.4 Å². The maximum Gasteiger partial charge on any atom is 0.242 e. The number of hydrazine groups is 1. The van der Waals surface area contributed by atoms with Crippen molar-refractivity contribution in [2.75, 3.05) is 7.11 Å². The van der Waals surface area contributed by atoms with E-state index in [-0.39, 0.29) is 41.4 Å². The van der Waals surface area contributed by atoms with Crippen molar-refractivity contribution in [2.24, 2.45) is 5.92 Å². The van der Waals surface area contributed by atoms with E-state index in [1.807, 2.05) is 6.92 Å². The molecule has 3 aromatic rings. The average molecular weight is 498 g/mol. The van der Waals surface area contributed by atoms with Gasteiger partial charge in [0, 0.05) is 23.0 Å². The molecule has 1 amide bonds. The average Bonchev–Trinajstić information content (AvgIpc) is 3.37. The van der Waals surface area contributed by atoms with Crippen molar-refractivity contribution >= 4 is 17.5 Å². The minimum Gasteiger partial charge on any atom is -0.508 e. The Morgan fingerprint density at radius 1 is 1.03 bits per heavy atom. The summed E-state index contributed by atoms with van der Waals surface area (Å²) in [6.07, 6.45) is 0. The molecule has 4 N–H and O–H groups in total. The lowest BCUT2D eigenvalue weighted by Crippen LogP contribution is -2.41. The van der Waals surface area contributed by atoms with Crippen LogP contribution in [-0.4, -0.2) is 34.2 Å². The SMILES string of the molecule is COc1cc(C2C3C(NNC3c3cc(Cl)c(C)cc3O)C(=O)N2Cc2ccc(F)cc2)ccc1O. The number of fused-ring (bicyclic) bond motifs is 1. The minimum absolute atomic E-state index is 0.00982. The lowest BCUT2D eigenvalue weighted by molar-refractivity contribution is -0.131. The standard InChI is InChI=1S/C26H25ClFN3O4/c1-13-9-20(33)17(11-18(13)27)23-22-24(30-29-23)26(34)31(12-14-3-6-16(28)7-4-14)25(22)15-5-8-19(32)21(10-15)35-2/h3-11,22-25,29-30,32-33H,12H2,1-2H3. The van der Waals surface area contributed by atoms with Crippen molar-refractivity contribution in [3.8, 4) is 17.2 Å². The maximum absolute atomic E-state index is 13.6. The third-order valence-corrected chi connectivity index (χ3v) is 7.28. The van der Waals surface area contributed by atoms with Gasteiger partial charge in [0.05, 0.1) is 19.2 Å².